The number of nitrogens with zero attached hydrogens (tertiary/aromatic N) is 5. The summed E-state index contributed by atoms with van der Waals surface area (Å²) in [7, 11) is 0. The number of ether oxygens (including phenoxy) is 1. The van der Waals surface area contributed by atoms with Crippen LogP contribution in [0.4, 0.5) is 0 Å². The molecule has 1 fully saturated rings. The van der Waals surface area contributed by atoms with E-state index in [1.165, 1.54) is 6.33 Å². The molecule has 2 aromatic heterocycles. The first kappa shape index (κ1) is 15.1. The summed E-state index contributed by atoms with van der Waals surface area (Å²) in [5, 5.41) is 7.73. The highest BCUT2D eigenvalue weighted by Crippen LogP contribution is 2.09. The predicted molar refractivity (Wildman–Crippen MR) is 82.7 cm³/mol. The number of hydrogen-bond donors (Lipinski definition) is 1. The van der Waals surface area contributed by atoms with Crippen molar-refractivity contribution in [2.45, 2.75) is 19.5 Å². The minimum atomic E-state index is 0.405. The summed E-state index contributed by atoms with van der Waals surface area (Å²) in [5.41, 5.74) is 1.11. The molecule has 0 aromatic carbocycles. The van der Waals surface area contributed by atoms with Crippen LogP contribution in [0.15, 0.2) is 31.0 Å². The zero-order chi connectivity index (χ0) is 15.2. The van der Waals surface area contributed by atoms with E-state index in [4.69, 9.17) is 4.74 Å². The first-order valence-corrected chi connectivity index (χ1v) is 7.65. The Balaban J connectivity index is 1.57. The van der Waals surface area contributed by atoms with Crippen LogP contribution in [0.25, 0.3) is 5.82 Å². The Morgan fingerprint density at radius 1 is 1.36 bits per heavy atom. The van der Waals surface area contributed by atoms with Crippen molar-refractivity contribution in [3.05, 3.63) is 36.5 Å². The fourth-order valence-electron chi connectivity index (χ4n) is 2.61. The average Bonchev–Trinajstić information content (AvgIpc) is 3.08. The molecule has 0 amide bonds. The summed E-state index contributed by atoms with van der Waals surface area (Å²) < 4.78 is 7.08. The van der Waals surface area contributed by atoms with Gasteiger partial charge in [0.1, 0.15) is 12.7 Å². The van der Waals surface area contributed by atoms with Crippen LogP contribution in [-0.2, 0) is 11.3 Å². The lowest BCUT2D eigenvalue weighted by Crippen LogP contribution is -2.44. The molecule has 7 heteroatoms. The molecule has 3 rings (SSSR count). The Labute approximate surface area is 130 Å². The highest BCUT2D eigenvalue weighted by Gasteiger charge is 2.14. The molecule has 1 aliphatic heterocycles. The molecular weight excluding hydrogens is 280 g/mol. The third-order valence-electron chi connectivity index (χ3n) is 3.78. The Hall–Kier alpha value is -1.83. The smallest absolute Gasteiger partial charge is 0.159 e. The maximum Gasteiger partial charge on any atom is 0.159 e. The third kappa shape index (κ3) is 3.88. The maximum absolute atomic E-state index is 5.38. The summed E-state index contributed by atoms with van der Waals surface area (Å²) in [5.74, 6) is 0.825. The van der Waals surface area contributed by atoms with Crippen molar-refractivity contribution in [1.29, 1.82) is 0 Å². The van der Waals surface area contributed by atoms with Crippen LogP contribution < -0.4 is 5.32 Å². The van der Waals surface area contributed by atoms with Crippen molar-refractivity contribution in [3.8, 4) is 5.82 Å². The molecule has 1 saturated heterocycles. The van der Waals surface area contributed by atoms with E-state index < -0.39 is 0 Å². The van der Waals surface area contributed by atoms with E-state index in [1.54, 1.807) is 17.2 Å². The zero-order valence-electron chi connectivity index (χ0n) is 12.9. The quantitative estimate of drug-likeness (QED) is 0.837. The van der Waals surface area contributed by atoms with Crippen molar-refractivity contribution in [2.75, 3.05) is 32.8 Å². The molecule has 118 valence electrons. The fraction of sp³-hybridized carbons (Fsp3) is 0.533. The van der Waals surface area contributed by atoms with E-state index in [9.17, 15) is 0 Å². The van der Waals surface area contributed by atoms with Crippen LogP contribution in [0.1, 0.15) is 12.5 Å². The van der Waals surface area contributed by atoms with Gasteiger partial charge in [-0.15, -0.1) is 0 Å². The van der Waals surface area contributed by atoms with Gasteiger partial charge in [-0.2, -0.15) is 5.10 Å². The highest BCUT2D eigenvalue weighted by atomic mass is 16.5. The van der Waals surface area contributed by atoms with Crippen LogP contribution >= 0.6 is 0 Å². The van der Waals surface area contributed by atoms with E-state index >= 15 is 0 Å². The molecule has 1 N–H and O–H groups in total. The van der Waals surface area contributed by atoms with E-state index in [-0.39, 0.29) is 0 Å². The van der Waals surface area contributed by atoms with Gasteiger partial charge >= 0.3 is 0 Å². The van der Waals surface area contributed by atoms with Crippen molar-refractivity contribution < 1.29 is 4.74 Å². The van der Waals surface area contributed by atoms with Crippen LogP contribution in [0.5, 0.6) is 0 Å². The number of nitrogens with one attached hydrogen (secondary N) is 1. The van der Waals surface area contributed by atoms with Gasteiger partial charge in [0.2, 0.25) is 0 Å². The van der Waals surface area contributed by atoms with Crippen molar-refractivity contribution in [3.63, 3.8) is 0 Å². The minimum absolute atomic E-state index is 0.405. The third-order valence-corrected chi connectivity index (χ3v) is 3.78. The highest BCUT2D eigenvalue weighted by molar-refractivity contribution is 5.31. The summed E-state index contributed by atoms with van der Waals surface area (Å²) in [6.45, 7) is 7.71. The molecule has 0 aliphatic carbocycles. The molecule has 0 bridgehead atoms. The second-order valence-electron chi connectivity index (χ2n) is 5.52. The van der Waals surface area contributed by atoms with Crippen molar-refractivity contribution in [2.24, 2.45) is 0 Å². The lowest BCUT2D eigenvalue weighted by molar-refractivity contribution is 0.0343. The molecule has 7 nitrogen and oxygen atoms in total. The van der Waals surface area contributed by atoms with Gasteiger partial charge in [0, 0.05) is 44.0 Å². The number of aromatic nitrogens is 4. The lowest BCUT2D eigenvalue weighted by atomic mass is 10.2. The number of rotatable bonds is 6. The van der Waals surface area contributed by atoms with Crippen LogP contribution in [-0.4, -0.2) is 63.5 Å². The molecule has 0 spiro atoms. The van der Waals surface area contributed by atoms with Crippen molar-refractivity contribution >= 4 is 0 Å². The minimum Gasteiger partial charge on any atom is -0.379 e. The average molecular weight is 302 g/mol. The van der Waals surface area contributed by atoms with Gasteiger partial charge in [-0.05, 0) is 13.0 Å². The first-order valence-electron chi connectivity index (χ1n) is 7.65. The second kappa shape index (κ2) is 7.44. The fourth-order valence-corrected chi connectivity index (χ4v) is 2.61. The number of morpholine rings is 1. The van der Waals surface area contributed by atoms with Crippen LogP contribution in [0.2, 0.25) is 0 Å². The monoisotopic (exact) mass is 302 g/mol. The summed E-state index contributed by atoms with van der Waals surface area (Å²) >= 11 is 0. The molecule has 0 radical (unpaired) electrons. The largest absolute Gasteiger partial charge is 0.379 e. The Morgan fingerprint density at radius 3 is 3.00 bits per heavy atom. The molecule has 2 aromatic rings. The standard InChI is InChI=1S/C15H22N6O/c1-13(10-20-5-7-22-8-6-20)18-9-14-3-2-4-17-15(14)21-12-16-11-19-21/h2-4,11-13,18H,5-10H2,1H3/t13-/m1/s1. The first-order chi connectivity index (χ1) is 10.8. The van der Waals surface area contributed by atoms with Crippen molar-refractivity contribution in [1.82, 2.24) is 30.0 Å². The van der Waals surface area contributed by atoms with E-state index in [1.807, 2.05) is 6.07 Å². The molecule has 0 unspecified atom stereocenters. The lowest BCUT2D eigenvalue weighted by Gasteiger charge is -2.29. The van der Waals surface area contributed by atoms with Gasteiger partial charge in [0.15, 0.2) is 5.82 Å². The van der Waals surface area contributed by atoms with Gasteiger partial charge < -0.3 is 10.1 Å². The molecule has 0 saturated carbocycles. The number of pyridine rings is 1. The van der Waals surface area contributed by atoms with Gasteiger partial charge in [-0.3, -0.25) is 4.90 Å². The molecule has 3 heterocycles. The molecule has 1 atom stereocenters. The zero-order valence-corrected chi connectivity index (χ0v) is 12.9. The summed E-state index contributed by atoms with van der Waals surface area (Å²) in [6.07, 6.45) is 4.97. The van der Waals surface area contributed by atoms with Gasteiger partial charge in [0.05, 0.1) is 13.2 Å². The van der Waals surface area contributed by atoms with Gasteiger partial charge in [0.25, 0.3) is 0 Å². The Bertz CT molecular complexity index is 567. The Kier molecular flexibility index (Phi) is 5.10. The van der Waals surface area contributed by atoms with Gasteiger partial charge in [-0.25, -0.2) is 14.6 Å². The van der Waals surface area contributed by atoms with E-state index in [0.717, 1.165) is 50.8 Å². The summed E-state index contributed by atoms with van der Waals surface area (Å²) in [6, 6.07) is 4.42. The van der Waals surface area contributed by atoms with Crippen LogP contribution in [0, 0.1) is 0 Å². The van der Waals surface area contributed by atoms with E-state index in [2.05, 4.69) is 38.3 Å². The topological polar surface area (TPSA) is 68.1 Å². The molecular formula is C15H22N6O. The number of hydrogen-bond acceptors (Lipinski definition) is 6. The predicted octanol–water partition coefficient (Wildman–Crippen LogP) is 0.473. The SMILES string of the molecule is C[C@H](CN1CCOCC1)NCc1cccnc1-n1cncn1. The normalized spacial score (nSPS) is 17.5. The van der Waals surface area contributed by atoms with E-state index in [0.29, 0.717) is 6.04 Å². The molecule has 1 aliphatic rings. The summed E-state index contributed by atoms with van der Waals surface area (Å²) in [4.78, 5) is 10.8. The molecule has 22 heavy (non-hydrogen) atoms. The second-order valence-corrected chi connectivity index (χ2v) is 5.52. The Morgan fingerprint density at radius 2 is 2.23 bits per heavy atom. The maximum atomic E-state index is 5.38. The van der Waals surface area contributed by atoms with Gasteiger partial charge in [-0.1, -0.05) is 6.07 Å². The van der Waals surface area contributed by atoms with Crippen LogP contribution in [0.3, 0.4) is 0 Å².